The minimum absolute atomic E-state index is 0. The molecule has 0 rings (SSSR count). The molecule has 4 heavy (non-hydrogen) atoms. The fraction of sp³-hybridized carbons (Fsp3) is 0. The molecule has 1 unspecified atom stereocenters. The van der Waals surface area contributed by atoms with E-state index >= 15 is 0 Å². The summed E-state index contributed by atoms with van der Waals surface area (Å²) in [5, 5.41) is 0. The van der Waals surface area contributed by atoms with Gasteiger partial charge in [-0.1, -0.05) is 0 Å². The summed E-state index contributed by atoms with van der Waals surface area (Å²) in [5.74, 6) is 0. The maximum absolute atomic E-state index is 3.22. The molecule has 0 saturated carbocycles. The Labute approximate surface area is 44.6 Å². The van der Waals surface area contributed by atoms with Crippen molar-refractivity contribution in [2.75, 3.05) is 0 Å². The molecule has 0 aliphatic heterocycles. The second-order valence-electron chi connectivity index (χ2n) is 0.129. The van der Waals surface area contributed by atoms with Crippen molar-refractivity contribution in [3.05, 3.63) is 0 Å². The third-order valence-electron chi connectivity index (χ3n) is 0. The van der Waals surface area contributed by atoms with Crippen LogP contribution in [-0.2, 0) is 20.4 Å². The molecule has 26 valence electrons. The molecule has 0 N–H and O–H groups in total. The average molecular weight is 182 g/mol. The summed E-state index contributed by atoms with van der Waals surface area (Å²) in [7, 11) is 4.89. The van der Waals surface area contributed by atoms with E-state index in [1.54, 1.807) is 0 Å². The van der Waals surface area contributed by atoms with Crippen LogP contribution in [0.15, 0.2) is 4.40 Å². The maximum atomic E-state index is 3.22. The summed E-state index contributed by atoms with van der Waals surface area (Å²) in [4.78, 5) is 0. The van der Waals surface area contributed by atoms with E-state index in [2.05, 4.69) is 23.8 Å². The molecule has 0 saturated heterocycles. The Morgan fingerprint density at radius 3 is 1.75 bits per heavy atom. The molecule has 2 radical (unpaired) electrons. The van der Waals surface area contributed by atoms with Crippen LogP contribution in [0.1, 0.15) is 0 Å². The van der Waals surface area contributed by atoms with Gasteiger partial charge in [-0.2, -0.15) is 0 Å². The fourth-order valence-electron chi connectivity index (χ4n) is 0. The summed E-state index contributed by atoms with van der Waals surface area (Å²) >= 11 is 0. The van der Waals surface area contributed by atoms with Gasteiger partial charge in [0.25, 0.3) is 0 Å². The number of hydrogen-bond acceptors (Lipinski definition) is 1. The summed E-state index contributed by atoms with van der Waals surface area (Å²) in [5.41, 5.74) is 0. The van der Waals surface area contributed by atoms with Crippen molar-refractivity contribution in [2.45, 2.75) is 0 Å². The monoisotopic (exact) mass is 181 g/mol. The van der Waals surface area contributed by atoms with Crippen LogP contribution in [0.25, 0.3) is 0 Å². The molecule has 0 aliphatic carbocycles. The first-order valence-electron chi connectivity index (χ1n) is 0.482. The van der Waals surface area contributed by atoms with Crippen molar-refractivity contribution in [3.63, 3.8) is 0 Å². The van der Waals surface area contributed by atoms with Gasteiger partial charge in [0.05, 0.1) is 0 Å². The second kappa shape index (κ2) is 8.93. The van der Waals surface area contributed by atoms with Crippen molar-refractivity contribution in [2.24, 2.45) is 4.40 Å². The van der Waals surface area contributed by atoms with E-state index in [0.717, 1.165) is 0 Å². The third-order valence-corrected chi connectivity index (χ3v) is 0. The summed E-state index contributed by atoms with van der Waals surface area (Å²) in [6.07, 6.45) is 0. The van der Waals surface area contributed by atoms with Crippen LogP contribution in [0.2, 0.25) is 0 Å². The van der Waals surface area contributed by atoms with E-state index in [-0.39, 0.29) is 20.4 Å². The Kier molecular flexibility index (Phi) is 19.9. The minimum atomic E-state index is 0. The fourth-order valence-corrected chi connectivity index (χ4v) is 0. The largest absolute Gasteiger partial charge is 0.316 e. The Bertz CT molecular complexity index is 15.5. The second-order valence-corrected chi connectivity index (χ2v) is 1.16. The van der Waals surface area contributed by atoms with E-state index < -0.39 is 0 Å². The Balaban J connectivity index is 0. The van der Waals surface area contributed by atoms with Crippen molar-refractivity contribution >= 4 is 19.4 Å². The topological polar surface area (TPSA) is 12.4 Å². The quantitative estimate of drug-likeness (QED) is 0.372. The van der Waals surface area contributed by atoms with Gasteiger partial charge in [0, 0.05) is 20.4 Å². The van der Waals surface area contributed by atoms with E-state index in [1.165, 1.54) is 0 Å². The minimum Gasteiger partial charge on any atom is -0.316 e. The predicted molar refractivity (Wildman–Crippen MR) is 17.9 cm³/mol. The van der Waals surface area contributed by atoms with Gasteiger partial charge in [-0.25, -0.2) is 0 Å². The van der Waals surface area contributed by atoms with Gasteiger partial charge in [-0.3, -0.25) is 0 Å². The first-order valence-corrected chi connectivity index (χ1v) is 1.45. The predicted octanol–water partition coefficient (Wildman–Crippen LogP) is 0.126. The molecule has 0 amide bonds. The molecule has 0 aliphatic rings. The molecule has 0 fully saturated rings. The molecule has 1 nitrogen and oxygen atoms in total. The number of nitrogens with zero attached hydrogens (tertiary/aromatic N) is 1. The first-order chi connectivity index (χ1) is 1.41. The van der Waals surface area contributed by atoms with Crippen LogP contribution in [0.5, 0.6) is 0 Å². The van der Waals surface area contributed by atoms with Crippen molar-refractivity contribution in [1.82, 2.24) is 0 Å². The van der Waals surface area contributed by atoms with Crippen molar-refractivity contribution < 1.29 is 20.4 Å². The molecular weight excluding hydrogens is 179 g/mol. The molecular formula is H2NPPdSi. The zero-order chi connectivity index (χ0) is 2.71. The standard InChI is InChI=1S/H2NPSi.Pd/c2-1-3;/h2H2;. The van der Waals surface area contributed by atoms with Crippen LogP contribution < -0.4 is 0 Å². The average Bonchev–Trinajstić information content (AvgIpc) is 0.918. The smallest absolute Gasteiger partial charge is 0.185 e. The van der Waals surface area contributed by atoms with E-state index in [0.29, 0.717) is 0 Å². The molecule has 0 spiro atoms. The molecule has 0 aromatic rings. The van der Waals surface area contributed by atoms with Gasteiger partial charge in [-0.05, 0) is 9.39 Å². The van der Waals surface area contributed by atoms with Crippen molar-refractivity contribution in [3.8, 4) is 0 Å². The molecule has 4 heteroatoms. The van der Waals surface area contributed by atoms with Crippen LogP contribution in [0, 0.1) is 0 Å². The van der Waals surface area contributed by atoms with Crippen LogP contribution >= 0.6 is 9.39 Å². The van der Waals surface area contributed by atoms with E-state index in [4.69, 9.17) is 0 Å². The summed E-state index contributed by atoms with van der Waals surface area (Å²) in [6, 6.07) is 0. The first kappa shape index (κ1) is 8.92. The van der Waals surface area contributed by atoms with Crippen molar-refractivity contribution in [1.29, 1.82) is 0 Å². The summed E-state index contributed by atoms with van der Waals surface area (Å²) in [6.45, 7) is 0. The Morgan fingerprint density at radius 2 is 1.75 bits per heavy atom. The normalized spacial score (nSPS) is 3.25. The Morgan fingerprint density at radius 1 is 1.75 bits per heavy atom. The van der Waals surface area contributed by atoms with Gasteiger partial charge >= 0.3 is 0 Å². The molecule has 0 aromatic carbocycles. The van der Waals surface area contributed by atoms with Gasteiger partial charge in [-0.15, -0.1) is 0 Å². The number of rotatable bonds is 0. The summed E-state index contributed by atoms with van der Waals surface area (Å²) < 4.78 is 3.22. The zero-order valence-corrected chi connectivity index (χ0v) is 5.55. The maximum Gasteiger partial charge on any atom is 0.185 e. The molecule has 0 bridgehead atoms. The van der Waals surface area contributed by atoms with Crippen LogP contribution in [0.4, 0.5) is 0 Å². The van der Waals surface area contributed by atoms with Gasteiger partial charge in [0.2, 0.25) is 0 Å². The van der Waals surface area contributed by atoms with E-state index in [1.807, 2.05) is 0 Å². The molecule has 0 heterocycles. The van der Waals surface area contributed by atoms with E-state index in [9.17, 15) is 0 Å². The number of hydrogen-bond donors (Lipinski definition) is 0. The van der Waals surface area contributed by atoms with Crippen LogP contribution in [-0.4, -0.2) is 10.0 Å². The van der Waals surface area contributed by atoms with Gasteiger partial charge in [0.1, 0.15) is 0 Å². The van der Waals surface area contributed by atoms with Gasteiger partial charge < -0.3 is 4.40 Å². The third kappa shape index (κ3) is 11.2. The zero-order valence-electron chi connectivity index (χ0n) is 1.84. The molecule has 0 aromatic heterocycles. The molecule has 1 atom stereocenters. The van der Waals surface area contributed by atoms with Gasteiger partial charge in [0.15, 0.2) is 10.0 Å². The Hall–Kier alpha value is 1.11. The SMILES string of the molecule is [Pd].[Si]=NP. The van der Waals surface area contributed by atoms with Crippen LogP contribution in [0.3, 0.4) is 0 Å².